The average molecular weight is 343 g/mol. The van der Waals surface area contributed by atoms with Gasteiger partial charge in [-0.3, -0.25) is 0 Å². The third-order valence-electron chi connectivity index (χ3n) is 3.76. The zero-order chi connectivity index (χ0) is 17.1. The molecule has 3 aromatic rings. The Morgan fingerprint density at radius 3 is 2.83 bits per heavy atom. The van der Waals surface area contributed by atoms with E-state index in [1.807, 2.05) is 49.4 Å². The molecule has 0 radical (unpaired) electrons. The van der Waals surface area contributed by atoms with Crippen molar-refractivity contribution in [1.82, 2.24) is 9.97 Å². The van der Waals surface area contributed by atoms with Crippen LogP contribution >= 0.6 is 11.6 Å². The van der Waals surface area contributed by atoms with Gasteiger partial charge < -0.3 is 14.5 Å². The standard InChI is InChI=1S/C19H19ClN2O2/c1-4-5-13-6-9-17(18(10-13)23-3)24-12(2)19-21-15-8-7-14(20)11-16(15)22-19/h4,6-12H,1,5H2,2-3H3,(H,21,22)/t12-/m1/s1. The first-order valence-corrected chi connectivity index (χ1v) is 8.08. The smallest absolute Gasteiger partial charge is 0.162 e. The second-order valence-corrected chi connectivity index (χ2v) is 5.96. The van der Waals surface area contributed by atoms with Crippen molar-refractivity contribution in [2.75, 3.05) is 7.11 Å². The van der Waals surface area contributed by atoms with Gasteiger partial charge in [-0.1, -0.05) is 23.7 Å². The summed E-state index contributed by atoms with van der Waals surface area (Å²) < 4.78 is 11.5. The number of hydrogen-bond acceptors (Lipinski definition) is 3. The number of rotatable bonds is 6. The molecule has 4 nitrogen and oxygen atoms in total. The van der Waals surface area contributed by atoms with Crippen molar-refractivity contribution >= 4 is 22.6 Å². The first-order valence-electron chi connectivity index (χ1n) is 7.70. The van der Waals surface area contributed by atoms with E-state index in [2.05, 4.69) is 16.5 Å². The van der Waals surface area contributed by atoms with Crippen LogP contribution in [0.3, 0.4) is 0 Å². The Balaban J connectivity index is 1.84. The fourth-order valence-electron chi connectivity index (χ4n) is 2.54. The van der Waals surface area contributed by atoms with Crippen molar-refractivity contribution in [3.8, 4) is 11.5 Å². The van der Waals surface area contributed by atoms with Gasteiger partial charge in [-0.15, -0.1) is 6.58 Å². The van der Waals surface area contributed by atoms with E-state index in [0.717, 1.165) is 28.8 Å². The van der Waals surface area contributed by atoms with Crippen molar-refractivity contribution in [3.63, 3.8) is 0 Å². The summed E-state index contributed by atoms with van der Waals surface area (Å²) in [4.78, 5) is 7.81. The molecule has 2 aromatic carbocycles. The number of hydrogen-bond donors (Lipinski definition) is 1. The van der Waals surface area contributed by atoms with Gasteiger partial charge in [0.2, 0.25) is 0 Å². The van der Waals surface area contributed by atoms with Gasteiger partial charge >= 0.3 is 0 Å². The zero-order valence-electron chi connectivity index (χ0n) is 13.7. The molecule has 0 unspecified atom stereocenters. The van der Waals surface area contributed by atoms with Crippen LogP contribution in [0.5, 0.6) is 11.5 Å². The highest BCUT2D eigenvalue weighted by Crippen LogP contribution is 2.32. The number of nitrogens with one attached hydrogen (secondary N) is 1. The predicted octanol–water partition coefficient (Wildman–Crippen LogP) is 5.09. The van der Waals surface area contributed by atoms with Crippen molar-refractivity contribution in [1.29, 1.82) is 0 Å². The van der Waals surface area contributed by atoms with Crippen molar-refractivity contribution < 1.29 is 9.47 Å². The lowest BCUT2D eigenvalue weighted by molar-refractivity contribution is 0.208. The normalized spacial score (nSPS) is 12.1. The number of fused-ring (bicyclic) bond motifs is 1. The lowest BCUT2D eigenvalue weighted by Crippen LogP contribution is -2.06. The first-order chi connectivity index (χ1) is 11.6. The maximum atomic E-state index is 6.04. The van der Waals surface area contributed by atoms with Gasteiger partial charge in [0, 0.05) is 5.02 Å². The number of methoxy groups -OCH3 is 1. The van der Waals surface area contributed by atoms with Crippen LogP contribution in [0.25, 0.3) is 11.0 Å². The van der Waals surface area contributed by atoms with Crippen molar-refractivity contribution in [3.05, 3.63) is 65.5 Å². The zero-order valence-corrected chi connectivity index (χ0v) is 14.4. The topological polar surface area (TPSA) is 47.1 Å². The highest BCUT2D eigenvalue weighted by atomic mass is 35.5. The van der Waals surface area contributed by atoms with Gasteiger partial charge in [-0.25, -0.2) is 4.98 Å². The van der Waals surface area contributed by atoms with Crippen LogP contribution in [0.15, 0.2) is 49.1 Å². The second-order valence-electron chi connectivity index (χ2n) is 5.52. The minimum absolute atomic E-state index is 0.254. The van der Waals surface area contributed by atoms with E-state index in [-0.39, 0.29) is 6.10 Å². The molecule has 0 amide bonds. The summed E-state index contributed by atoms with van der Waals surface area (Å²) in [6, 6.07) is 11.4. The summed E-state index contributed by atoms with van der Waals surface area (Å²) in [5, 5.41) is 0.672. The monoisotopic (exact) mass is 342 g/mol. The Labute approximate surface area is 146 Å². The van der Waals surface area contributed by atoms with Crippen molar-refractivity contribution in [2.45, 2.75) is 19.4 Å². The fourth-order valence-corrected chi connectivity index (χ4v) is 2.72. The van der Waals surface area contributed by atoms with Crippen LogP contribution < -0.4 is 9.47 Å². The summed E-state index contributed by atoms with van der Waals surface area (Å²) in [5.74, 6) is 2.11. The van der Waals surface area contributed by atoms with Gasteiger partial charge in [0.1, 0.15) is 5.82 Å². The second kappa shape index (κ2) is 6.97. The number of ether oxygens (including phenoxy) is 2. The molecule has 0 aliphatic heterocycles. The number of aromatic nitrogens is 2. The maximum Gasteiger partial charge on any atom is 0.162 e. The number of aromatic amines is 1. The number of benzene rings is 2. The molecule has 124 valence electrons. The predicted molar refractivity (Wildman–Crippen MR) is 97.0 cm³/mol. The minimum atomic E-state index is -0.254. The highest BCUT2D eigenvalue weighted by molar-refractivity contribution is 6.31. The Hall–Kier alpha value is -2.46. The Bertz CT molecular complexity index is 873. The Morgan fingerprint density at radius 1 is 1.25 bits per heavy atom. The summed E-state index contributed by atoms with van der Waals surface area (Å²) in [7, 11) is 1.63. The average Bonchev–Trinajstić information content (AvgIpc) is 2.99. The highest BCUT2D eigenvalue weighted by Gasteiger charge is 2.15. The molecule has 1 aromatic heterocycles. The van der Waals surface area contributed by atoms with Gasteiger partial charge in [-0.2, -0.15) is 0 Å². The Morgan fingerprint density at radius 2 is 2.08 bits per heavy atom. The SMILES string of the molecule is C=CCc1ccc(O[C@H](C)c2nc3ccc(Cl)cc3[nH]2)c(OC)c1. The van der Waals surface area contributed by atoms with Crippen LogP contribution in [0, 0.1) is 0 Å². The van der Waals surface area contributed by atoms with Crippen LogP contribution in [-0.4, -0.2) is 17.1 Å². The molecule has 0 fully saturated rings. The number of halogens is 1. The molecule has 0 saturated heterocycles. The number of H-pyrrole nitrogens is 1. The summed E-state index contributed by atoms with van der Waals surface area (Å²) in [5.41, 5.74) is 2.87. The molecule has 0 spiro atoms. The largest absolute Gasteiger partial charge is 0.493 e. The molecule has 1 N–H and O–H groups in total. The van der Waals surface area contributed by atoms with E-state index in [1.54, 1.807) is 7.11 Å². The van der Waals surface area contributed by atoms with Gasteiger partial charge in [0.05, 0.1) is 18.1 Å². The molecule has 0 aliphatic carbocycles. The first kappa shape index (κ1) is 16.4. The molecule has 0 aliphatic rings. The van der Waals surface area contributed by atoms with E-state index >= 15 is 0 Å². The van der Waals surface area contributed by atoms with Crippen LogP contribution in [-0.2, 0) is 6.42 Å². The summed E-state index contributed by atoms with van der Waals surface area (Å²) in [6.45, 7) is 5.70. The molecule has 5 heteroatoms. The molecule has 1 atom stereocenters. The number of allylic oxidation sites excluding steroid dienone is 1. The van der Waals surface area contributed by atoms with E-state index in [9.17, 15) is 0 Å². The van der Waals surface area contributed by atoms with E-state index in [4.69, 9.17) is 21.1 Å². The molecule has 3 rings (SSSR count). The fraction of sp³-hybridized carbons (Fsp3) is 0.211. The lowest BCUT2D eigenvalue weighted by atomic mass is 10.1. The minimum Gasteiger partial charge on any atom is -0.493 e. The van der Waals surface area contributed by atoms with Crippen molar-refractivity contribution in [2.24, 2.45) is 0 Å². The van der Waals surface area contributed by atoms with E-state index in [1.165, 1.54) is 0 Å². The number of imidazole rings is 1. The van der Waals surface area contributed by atoms with Gasteiger partial charge in [-0.05, 0) is 49.2 Å². The molecular weight excluding hydrogens is 324 g/mol. The maximum absolute atomic E-state index is 6.04. The third-order valence-corrected chi connectivity index (χ3v) is 3.99. The number of nitrogens with zero attached hydrogens (tertiary/aromatic N) is 1. The molecule has 0 saturated carbocycles. The van der Waals surface area contributed by atoms with Gasteiger partial charge in [0.15, 0.2) is 17.6 Å². The van der Waals surface area contributed by atoms with Crippen LogP contribution in [0.2, 0.25) is 5.02 Å². The quantitative estimate of drug-likeness (QED) is 0.634. The van der Waals surface area contributed by atoms with E-state index in [0.29, 0.717) is 16.5 Å². The van der Waals surface area contributed by atoms with Gasteiger partial charge in [0.25, 0.3) is 0 Å². The Kier molecular flexibility index (Phi) is 4.76. The third kappa shape index (κ3) is 3.39. The lowest BCUT2D eigenvalue weighted by Gasteiger charge is -2.16. The molecule has 24 heavy (non-hydrogen) atoms. The summed E-state index contributed by atoms with van der Waals surface area (Å²) in [6.07, 6.45) is 2.39. The molecule has 0 bridgehead atoms. The van der Waals surface area contributed by atoms with E-state index < -0.39 is 0 Å². The van der Waals surface area contributed by atoms with Crippen LogP contribution in [0.4, 0.5) is 0 Å². The molecular formula is C19H19ClN2O2. The summed E-state index contributed by atoms with van der Waals surface area (Å²) >= 11 is 6.01. The molecule has 1 heterocycles. The van der Waals surface area contributed by atoms with Crippen LogP contribution in [0.1, 0.15) is 24.4 Å².